The molecule has 2 aromatic rings. The quantitative estimate of drug-likeness (QED) is 0.880. The van der Waals surface area contributed by atoms with Crippen molar-refractivity contribution in [1.82, 2.24) is 0 Å². The number of benzene rings is 2. The van der Waals surface area contributed by atoms with E-state index in [1.54, 1.807) is 6.92 Å². The molecule has 2 rings (SSSR count). The van der Waals surface area contributed by atoms with Crippen LogP contribution < -0.4 is 5.73 Å². The highest BCUT2D eigenvalue weighted by atomic mass is 16.4. The van der Waals surface area contributed by atoms with Gasteiger partial charge in [0.05, 0.1) is 5.92 Å². The Morgan fingerprint density at radius 2 is 1.48 bits per heavy atom. The molecule has 3 nitrogen and oxygen atoms in total. The van der Waals surface area contributed by atoms with Gasteiger partial charge in [-0.25, -0.2) is 0 Å². The van der Waals surface area contributed by atoms with Crippen LogP contribution >= 0.6 is 0 Å². The molecule has 0 saturated heterocycles. The average Bonchev–Trinajstić information content (AvgIpc) is 2.48. The summed E-state index contributed by atoms with van der Waals surface area (Å²) >= 11 is 0. The van der Waals surface area contributed by atoms with Crippen LogP contribution in [-0.4, -0.2) is 11.1 Å². The van der Waals surface area contributed by atoms with Crippen molar-refractivity contribution in [3.05, 3.63) is 59.7 Å². The van der Waals surface area contributed by atoms with Gasteiger partial charge >= 0.3 is 5.97 Å². The number of hydrogen-bond donors (Lipinski definition) is 2. The minimum Gasteiger partial charge on any atom is -0.481 e. The molecule has 0 radical (unpaired) electrons. The lowest BCUT2D eigenvalue weighted by atomic mass is 9.97. The molecule has 2 unspecified atom stereocenters. The van der Waals surface area contributed by atoms with E-state index in [1.165, 1.54) is 0 Å². The lowest BCUT2D eigenvalue weighted by Gasteiger charge is -2.09. The Bertz CT molecular complexity index is 600. The maximum atomic E-state index is 10.9. The van der Waals surface area contributed by atoms with Gasteiger partial charge in [-0.15, -0.1) is 0 Å². The van der Waals surface area contributed by atoms with E-state index < -0.39 is 5.97 Å². The highest BCUT2D eigenvalue weighted by Gasteiger charge is 2.11. The monoisotopic (exact) mass is 283 g/mol. The molecule has 21 heavy (non-hydrogen) atoms. The molecule has 0 fully saturated rings. The average molecular weight is 283 g/mol. The summed E-state index contributed by atoms with van der Waals surface area (Å²) in [5, 5.41) is 8.94. The van der Waals surface area contributed by atoms with E-state index in [0.29, 0.717) is 6.42 Å². The fourth-order valence-corrected chi connectivity index (χ4v) is 2.25. The molecular weight excluding hydrogens is 262 g/mol. The predicted molar refractivity (Wildman–Crippen MR) is 85.0 cm³/mol. The van der Waals surface area contributed by atoms with Gasteiger partial charge in [0.1, 0.15) is 0 Å². The van der Waals surface area contributed by atoms with Gasteiger partial charge < -0.3 is 10.8 Å². The third kappa shape index (κ3) is 3.92. The second-order valence-corrected chi connectivity index (χ2v) is 5.55. The Balaban J connectivity index is 2.13. The number of rotatable bonds is 5. The number of hydrogen-bond acceptors (Lipinski definition) is 2. The first-order chi connectivity index (χ1) is 9.97. The van der Waals surface area contributed by atoms with Crippen LogP contribution in [0.25, 0.3) is 11.1 Å². The minimum atomic E-state index is -0.759. The fraction of sp³-hybridized carbons (Fsp3) is 0.278. The normalized spacial score (nSPS) is 13.7. The summed E-state index contributed by atoms with van der Waals surface area (Å²) in [6, 6.07) is 16.3. The van der Waals surface area contributed by atoms with Crippen LogP contribution in [0.5, 0.6) is 0 Å². The highest BCUT2D eigenvalue weighted by Crippen LogP contribution is 2.22. The molecule has 0 aliphatic rings. The van der Waals surface area contributed by atoms with Crippen LogP contribution in [0.2, 0.25) is 0 Å². The van der Waals surface area contributed by atoms with Crippen molar-refractivity contribution in [1.29, 1.82) is 0 Å². The second kappa shape index (κ2) is 6.55. The number of carboxylic acid groups (broad SMARTS) is 1. The molecule has 0 heterocycles. The molecule has 0 bridgehead atoms. The van der Waals surface area contributed by atoms with E-state index in [0.717, 1.165) is 22.3 Å². The topological polar surface area (TPSA) is 63.3 Å². The first kappa shape index (κ1) is 15.3. The third-order valence-corrected chi connectivity index (χ3v) is 3.69. The van der Waals surface area contributed by atoms with Crippen molar-refractivity contribution in [2.75, 3.05) is 0 Å². The van der Waals surface area contributed by atoms with E-state index in [-0.39, 0.29) is 12.0 Å². The van der Waals surface area contributed by atoms with Crippen molar-refractivity contribution in [3.63, 3.8) is 0 Å². The van der Waals surface area contributed by atoms with Gasteiger partial charge in [0.15, 0.2) is 0 Å². The van der Waals surface area contributed by atoms with Gasteiger partial charge in [-0.1, -0.05) is 55.5 Å². The van der Waals surface area contributed by atoms with Gasteiger partial charge in [0, 0.05) is 6.04 Å². The number of aliphatic carboxylic acids is 1. The molecule has 2 aromatic carbocycles. The van der Waals surface area contributed by atoms with Gasteiger partial charge in [0.2, 0.25) is 0 Å². The van der Waals surface area contributed by atoms with Crippen LogP contribution in [0.3, 0.4) is 0 Å². The van der Waals surface area contributed by atoms with Crippen molar-refractivity contribution >= 4 is 5.97 Å². The smallest absolute Gasteiger partial charge is 0.306 e. The van der Waals surface area contributed by atoms with Crippen molar-refractivity contribution in [2.45, 2.75) is 26.3 Å². The number of carbonyl (C=O) groups is 1. The predicted octanol–water partition coefficient (Wildman–Crippen LogP) is 3.64. The lowest BCUT2D eigenvalue weighted by molar-refractivity contribution is -0.141. The van der Waals surface area contributed by atoms with Gasteiger partial charge in [0.25, 0.3) is 0 Å². The summed E-state index contributed by atoms with van der Waals surface area (Å²) in [7, 11) is 0. The zero-order chi connectivity index (χ0) is 15.4. The maximum Gasteiger partial charge on any atom is 0.306 e. The Labute approximate surface area is 125 Å². The van der Waals surface area contributed by atoms with Crippen LogP contribution in [-0.2, 0) is 11.2 Å². The zero-order valence-corrected chi connectivity index (χ0v) is 12.4. The largest absolute Gasteiger partial charge is 0.481 e. The molecule has 0 amide bonds. The van der Waals surface area contributed by atoms with E-state index in [1.807, 2.05) is 43.3 Å². The molecule has 0 spiro atoms. The molecule has 110 valence electrons. The van der Waals surface area contributed by atoms with Crippen LogP contribution in [0.4, 0.5) is 0 Å². The summed E-state index contributed by atoms with van der Waals surface area (Å²) in [4.78, 5) is 10.9. The Hall–Kier alpha value is -2.13. The fourth-order valence-electron chi connectivity index (χ4n) is 2.25. The first-order valence-corrected chi connectivity index (χ1v) is 7.15. The second-order valence-electron chi connectivity index (χ2n) is 5.55. The summed E-state index contributed by atoms with van der Waals surface area (Å²) < 4.78 is 0. The molecule has 2 atom stereocenters. The molecule has 0 aliphatic heterocycles. The van der Waals surface area contributed by atoms with Crippen molar-refractivity contribution in [2.24, 2.45) is 11.7 Å². The molecular formula is C18H21NO2. The SMILES string of the molecule is CC(Cc1ccc(-c2ccc(C(C)N)cc2)cc1)C(=O)O. The lowest BCUT2D eigenvalue weighted by Crippen LogP contribution is -2.12. The Morgan fingerprint density at radius 3 is 1.90 bits per heavy atom. The maximum absolute atomic E-state index is 10.9. The van der Waals surface area contributed by atoms with E-state index in [9.17, 15) is 4.79 Å². The number of nitrogens with two attached hydrogens (primary N) is 1. The van der Waals surface area contributed by atoms with Crippen molar-refractivity contribution in [3.8, 4) is 11.1 Å². The molecule has 0 aromatic heterocycles. The standard InChI is InChI=1S/C18H21NO2/c1-12(18(20)21)11-14-3-5-16(6-4-14)17-9-7-15(8-10-17)13(2)19/h3-10,12-13H,11,19H2,1-2H3,(H,20,21). The Morgan fingerprint density at radius 1 is 1.00 bits per heavy atom. The van der Waals surface area contributed by atoms with Crippen LogP contribution in [0.15, 0.2) is 48.5 Å². The van der Waals surface area contributed by atoms with E-state index in [2.05, 4.69) is 12.1 Å². The molecule has 3 N–H and O–H groups in total. The first-order valence-electron chi connectivity index (χ1n) is 7.15. The third-order valence-electron chi connectivity index (χ3n) is 3.69. The summed E-state index contributed by atoms with van der Waals surface area (Å²) in [6.45, 7) is 3.69. The minimum absolute atomic E-state index is 0.0407. The summed E-state index contributed by atoms with van der Waals surface area (Å²) in [5.41, 5.74) is 10.3. The van der Waals surface area contributed by atoms with Gasteiger partial charge in [-0.05, 0) is 35.6 Å². The highest BCUT2D eigenvalue weighted by molar-refractivity contribution is 5.70. The van der Waals surface area contributed by atoms with Crippen LogP contribution in [0.1, 0.15) is 31.0 Å². The van der Waals surface area contributed by atoms with E-state index >= 15 is 0 Å². The molecule has 3 heteroatoms. The van der Waals surface area contributed by atoms with E-state index in [4.69, 9.17) is 10.8 Å². The van der Waals surface area contributed by atoms with Crippen LogP contribution in [0, 0.1) is 5.92 Å². The van der Waals surface area contributed by atoms with Gasteiger partial charge in [-0.3, -0.25) is 4.79 Å². The Kier molecular flexibility index (Phi) is 4.76. The molecule has 0 saturated carbocycles. The summed E-state index contributed by atoms with van der Waals surface area (Å²) in [6.07, 6.45) is 0.555. The van der Waals surface area contributed by atoms with Crippen molar-refractivity contribution < 1.29 is 9.90 Å². The summed E-state index contributed by atoms with van der Waals surface area (Å²) in [5.74, 6) is -1.12. The zero-order valence-electron chi connectivity index (χ0n) is 12.4. The number of carboxylic acids is 1. The molecule has 0 aliphatic carbocycles. The van der Waals surface area contributed by atoms with Gasteiger partial charge in [-0.2, -0.15) is 0 Å².